The molecule has 134 valence electrons. The Hall–Kier alpha value is -2.44. The zero-order valence-corrected chi connectivity index (χ0v) is 15.7. The number of ether oxygens (including phenoxy) is 1. The van der Waals surface area contributed by atoms with Crippen LogP contribution in [-0.4, -0.2) is 14.7 Å². The van der Waals surface area contributed by atoms with Gasteiger partial charge in [-0.05, 0) is 51.7 Å². The fourth-order valence-corrected chi connectivity index (χ4v) is 2.71. The van der Waals surface area contributed by atoms with Gasteiger partial charge in [-0.3, -0.25) is 9.78 Å². The topological polar surface area (TPSA) is 64.3 Å². The molecule has 1 N–H and O–H groups in total. The molecule has 2 aromatic heterocycles. The van der Waals surface area contributed by atoms with Crippen molar-refractivity contribution >= 4 is 15.9 Å². The summed E-state index contributed by atoms with van der Waals surface area (Å²) in [5.41, 5.74) is 2.70. The van der Waals surface area contributed by atoms with Crippen molar-refractivity contribution in [2.75, 3.05) is 0 Å². The lowest BCUT2D eigenvalue weighted by Gasteiger charge is -2.09. The summed E-state index contributed by atoms with van der Waals surface area (Å²) in [6.07, 6.45) is 4.20. The van der Waals surface area contributed by atoms with Gasteiger partial charge in [-0.25, -0.2) is 0 Å². The van der Waals surface area contributed by atoms with E-state index < -0.39 is 0 Å². The summed E-state index contributed by atoms with van der Waals surface area (Å²) in [5, 5.41) is 9.06. The molecule has 0 unspecified atom stereocenters. The number of aliphatic hydroxyl groups is 1. The molecule has 0 aliphatic rings. The van der Waals surface area contributed by atoms with Gasteiger partial charge in [-0.15, -0.1) is 0 Å². The van der Waals surface area contributed by atoms with Crippen LogP contribution in [0.3, 0.4) is 0 Å². The number of pyridine rings is 2. The van der Waals surface area contributed by atoms with Gasteiger partial charge in [0.15, 0.2) is 0 Å². The van der Waals surface area contributed by atoms with Crippen molar-refractivity contribution in [3.05, 3.63) is 92.6 Å². The van der Waals surface area contributed by atoms with E-state index in [1.54, 1.807) is 23.0 Å². The van der Waals surface area contributed by atoms with Gasteiger partial charge in [0.1, 0.15) is 12.4 Å². The Morgan fingerprint density at radius 1 is 1.08 bits per heavy atom. The fourth-order valence-electron chi connectivity index (χ4n) is 2.47. The Labute approximate surface area is 160 Å². The molecule has 0 amide bonds. The third-order valence-electron chi connectivity index (χ3n) is 3.99. The number of halogens is 1. The number of hydrogen-bond donors (Lipinski definition) is 1. The van der Waals surface area contributed by atoms with Crippen LogP contribution < -0.4 is 10.3 Å². The van der Waals surface area contributed by atoms with Crippen molar-refractivity contribution in [3.8, 4) is 5.75 Å². The lowest BCUT2D eigenvalue weighted by molar-refractivity contribution is 0.282. The molecule has 0 saturated heterocycles. The van der Waals surface area contributed by atoms with E-state index in [-0.39, 0.29) is 12.2 Å². The monoisotopic (exact) mass is 414 g/mol. The molecule has 0 atom stereocenters. The number of nitrogens with zero attached hydrogens (tertiary/aromatic N) is 2. The molecular weight excluding hydrogens is 396 g/mol. The number of hydrogen-bond acceptors (Lipinski definition) is 4. The Balaban J connectivity index is 1.58. The molecule has 0 aliphatic heterocycles. The Kier molecular flexibility index (Phi) is 6.20. The average Bonchev–Trinajstić information content (AvgIpc) is 2.67. The molecule has 26 heavy (non-hydrogen) atoms. The number of benzene rings is 1. The van der Waals surface area contributed by atoms with Crippen LogP contribution in [0.15, 0.2) is 70.2 Å². The van der Waals surface area contributed by atoms with E-state index in [0.717, 1.165) is 27.7 Å². The minimum atomic E-state index is -0.0988. The largest absolute Gasteiger partial charge is 0.487 e. The average molecular weight is 415 g/mol. The molecule has 0 bridgehead atoms. The maximum atomic E-state index is 12.2. The lowest BCUT2D eigenvalue weighted by Crippen LogP contribution is -2.19. The van der Waals surface area contributed by atoms with Gasteiger partial charge in [0.05, 0.1) is 12.3 Å². The van der Waals surface area contributed by atoms with Crippen molar-refractivity contribution in [1.82, 2.24) is 9.55 Å². The molecule has 5 nitrogen and oxygen atoms in total. The first-order chi connectivity index (χ1) is 12.6. The minimum absolute atomic E-state index is 0.0387. The number of aliphatic hydroxyl groups excluding tert-OH is 1. The summed E-state index contributed by atoms with van der Waals surface area (Å²) in [6.45, 7) is 0.941. The second kappa shape index (κ2) is 8.78. The zero-order chi connectivity index (χ0) is 18.4. The van der Waals surface area contributed by atoms with E-state index in [9.17, 15) is 4.79 Å². The molecule has 6 heteroatoms. The quantitative estimate of drug-likeness (QED) is 0.643. The summed E-state index contributed by atoms with van der Waals surface area (Å²) < 4.78 is 8.21. The predicted octanol–water partition coefficient (Wildman–Crippen LogP) is 3.32. The molecule has 0 aliphatic carbocycles. The van der Waals surface area contributed by atoms with Crippen molar-refractivity contribution in [1.29, 1.82) is 0 Å². The Bertz CT molecular complexity index is 906. The van der Waals surface area contributed by atoms with Gasteiger partial charge in [-0.1, -0.05) is 24.3 Å². The van der Waals surface area contributed by atoms with Crippen LogP contribution in [0.1, 0.15) is 16.8 Å². The number of aryl methyl sites for hydroxylation is 2. The summed E-state index contributed by atoms with van der Waals surface area (Å²) >= 11 is 3.34. The predicted molar refractivity (Wildman–Crippen MR) is 103 cm³/mol. The van der Waals surface area contributed by atoms with Crippen LogP contribution in [0.25, 0.3) is 0 Å². The van der Waals surface area contributed by atoms with Gasteiger partial charge in [0.2, 0.25) is 0 Å². The molecule has 0 radical (unpaired) electrons. The second-order valence-corrected chi connectivity index (χ2v) is 6.79. The van der Waals surface area contributed by atoms with Crippen LogP contribution in [0.4, 0.5) is 0 Å². The maximum absolute atomic E-state index is 12.2. The molecule has 0 fully saturated rings. The first-order valence-corrected chi connectivity index (χ1v) is 9.06. The summed E-state index contributed by atoms with van der Waals surface area (Å²) in [5.74, 6) is 0.531. The molecule has 3 aromatic rings. The van der Waals surface area contributed by atoms with Crippen LogP contribution in [0.2, 0.25) is 0 Å². The van der Waals surface area contributed by atoms with Gasteiger partial charge in [-0.2, -0.15) is 0 Å². The van der Waals surface area contributed by atoms with E-state index in [4.69, 9.17) is 9.84 Å². The van der Waals surface area contributed by atoms with Crippen LogP contribution >= 0.6 is 15.9 Å². The summed E-state index contributed by atoms with van der Waals surface area (Å²) in [4.78, 5) is 16.5. The van der Waals surface area contributed by atoms with Gasteiger partial charge < -0.3 is 14.4 Å². The molecule has 0 saturated carbocycles. The number of aromatic nitrogens is 2. The highest BCUT2D eigenvalue weighted by molar-refractivity contribution is 9.10. The van der Waals surface area contributed by atoms with Crippen LogP contribution in [0, 0.1) is 0 Å². The minimum Gasteiger partial charge on any atom is -0.487 e. The van der Waals surface area contributed by atoms with Gasteiger partial charge in [0.25, 0.3) is 5.56 Å². The third-order valence-corrected chi connectivity index (χ3v) is 4.46. The Morgan fingerprint density at radius 3 is 2.50 bits per heavy atom. The smallest absolute Gasteiger partial charge is 0.254 e. The Morgan fingerprint density at radius 2 is 1.85 bits per heavy atom. The molecular formula is C20H19BrN2O3. The first-order valence-electron chi connectivity index (χ1n) is 8.26. The zero-order valence-electron chi connectivity index (χ0n) is 14.1. The second-order valence-electron chi connectivity index (χ2n) is 5.88. The van der Waals surface area contributed by atoms with Crippen LogP contribution in [-0.2, 0) is 26.2 Å². The van der Waals surface area contributed by atoms with E-state index >= 15 is 0 Å². The van der Waals surface area contributed by atoms with E-state index in [1.807, 2.05) is 36.4 Å². The van der Waals surface area contributed by atoms with E-state index in [0.29, 0.717) is 18.9 Å². The summed E-state index contributed by atoms with van der Waals surface area (Å²) in [7, 11) is 0. The van der Waals surface area contributed by atoms with Crippen molar-refractivity contribution in [2.24, 2.45) is 0 Å². The molecule has 1 aromatic carbocycles. The van der Waals surface area contributed by atoms with Crippen molar-refractivity contribution < 1.29 is 9.84 Å². The normalized spacial score (nSPS) is 10.7. The SMILES string of the molecule is O=c1cc(OCc2ccc(Br)cn2)ccn1CCc1ccc(CO)cc1. The lowest BCUT2D eigenvalue weighted by atomic mass is 10.1. The highest BCUT2D eigenvalue weighted by atomic mass is 79.9. The van der Waals surface area contributed by atoms with Gasteiger partial charge >= 0.3 is 0 Å². The molecule has 2 heterocycles. The van der Waals surface area contributed by atoms with E-state index in [2.05, 4.69) is 20.9 Å². The highest BCUT2D eigenvalue weighted by Crippen LogP contribution is 2.12. The van der Waals surface area contributed by atoms with Crippen molar-refractivity contribution in [3.63, 3.8) is 0 Å². The molecule has 0 spiro atoms. The standard InChI is InChI=1S/C20H19BrN2O3/c21-17-5-6-18(22-12-17)14-26-19-8-10-23(20(25)11-19)9-7-15-1-3-16(13-24)4-2-15/h1-6,8,10-12,24H,7,9,13-14H2. The molecule has 3 rings (SSSR count). The fraction of sp³-hybridized carbons (Fsp3) is 0.200. The number of rotatable bonds is 7. The van der Waals surface area contributed by atoms with Gasteiger partial charge in [0, 0.05) is 29.5 Å². The maximum Gasteiger partial charge on any atom is 0.254 e. The van der Waals surface area contributed by atoms with E-state index in [1.165, 1.54) is 6.07 Å². The van der Waals surface area contributed by atoms with Crippen molar-refractivity contribution in [2.45, 2.75) is 26.2 Å². The summed E-state index contributed by atoms with van der Waals surface area (Å²) in [6, 6.07) is 14.8. The first kappa shape index (κ1) is 18.4. The highest BCUT2D eigenvalue weighted by Gasteiger charge is 2.02. The van der Waals surface area contributed by atoms with Crippen LogP contribution in [0.5, 0.6) is 5.75 Å². The third kappa shape index (κ3) is 5.03.